The van der Waals surface area contributed by atoms with E-state index < -0.39 is 0 Å². The lowest BCUT2D eigenvalue weighted by Crippen LogP contribution is -1.94. The average Bonchev–Trinajstić information content (AvgIpc) is 2.56. The van der Waals surface area contributed by atoms with Crippen molar-refractivity contribution in [3.63, 3.8) is 0 Å². The van der Waals surface area contributed by atoms with E-state index in [1.54, 1.807) is 0 Å². The Morgan fingerprint density at radius 1 is 1.50 bits per heavy atom. The van der Waals surface area contributed by atoms with Gasteiger partial charge in [0.15, 0.2) is 4.77 Å². The Hall–Kier alpha value is -1.20. The summed E-state index contributed by atoms with van der Waals surface area (Å²) < 4.78 is 14.8. The number of aromatic amines is 1. The minimum Gasteiger partial charge on any atom is -0.273 e. The van der Waals surface area contributed by atoms with E-state index in [9.17, 15) is 4.39 Å². The van der Waals surface area contributed by atoms with Crippen LogP contribution >= 0.6 is 23.8 Å². The summed E-state index contributed by atoms with van der Waals surface area (Å²) >= 11 is 10.8. The van der Waals surface area contributed by atoms with Crippen molar-refractivity contribution in [2.75, 3.05) is 0 Å². The highest BCUT2D eigenvalue weighted by atomic mass is 35.5. The van der Waals surface area contributed by atoms with Gasteiger partial charge < -0.3 is 0 Å². The summed E-state index contributed by atoms with van der Waals surface area (Å²) in [7, 11) is 0. The first-order valence-corrected chi connectivity index (χ1v) is 4.54. The molecule has 1 N–H and O–H groups in total. The fourth-order valence-electron chi connectivity index (χ4n) is 1.09. The van der Waals surface area contributed by atoms with Crippen LogP contribution < -0.4 is 0 Å². The van der Waals surface area contributed by atoms with E-state index in [1.165, 1.54) is 29.1 Å². The highest BCUT2D eigenvalue weighted by Crippen LogP contribution is 2.20. The molecule has 0 saturated heterocycles. The monoisotopic (exact) mass is 229 g/mol. The first kappa shape index (κ1) is 9.36. The molecule has 0 aliphatic rings. The predicted octanol–water partition coefficient (Wildman–Crippen LogP) is 2.72. The molecular formula is C8H5ClFN3S. The maximum atomic E-state index is 12.9. The van der Waals surface area contributed by atoms with Gasteiger partial charge in [-0.05, 0) is 30.4 Å². The predicted molar refractivity (Wildman–Crippen MR) is 53.7 cm³/mol. The summed E-state index contributed by atoms with van der Waals surface area (Å²) in [6.45, 7) is 0. The van der Waals surface area contributed by atoms with E-state index in [2.05, 4.69) is 10.2 Å². The summed E-state index contributed by atoms with van der Waals surface area (Å²) in [6.07, 6.45) is 1.45. The molecule has 72 valence electrons. The number of hydrogen-bond acceptors (Lipinski definition) is 2. The van der Waals surface area contributed by atoms with Crippen molar-refractivity contribution in [3.05, 3.63) is 40.1 Å². The SMILES string of the molecule is Fc1ccc(Cl)c(-n2cn[nH]c2=S)c1. The topological polar surface area (TPSA) is 33.6 Å². The Balaban J connectivity index is 2.68. The molecule has 0 spiro atoms. The van der Waals surface area contributed by atoms with Crippen LogP contribution in [-0.2, 0) is 0 Å². The Labute approximate surface area is 89.1 Å². The molecular weight excluding hydrogens is 225 g/mol. The molecule has 0 amide bonds. The van der Waals surface area contributed by atoms with Gasteiger partial charge in [0.05, 0.1) is 10.7 Å². The van der Waals surface area contributed by atoms with Crippen LogP contribution in [0.15, 0.2) is 24.5 Å². The second-order valence-corrected chi connectivity index (χ2v) is 3.42. The highest BCUT2D eigenvalue weighted by Gasteiger charge is 2.05. The lowest BCUT2D eigenvalue weighted by atomic mass is 10.3. The fourth-order valence-corrected chi connectivity index (χ4v) is 1.50. The summed E-state index contributed by atoms with van der Waals surface area (Å²) in [6, 6.07) is 4.06. The van der Waals surface area contributed by atoms with Crippen molar-refractivity contribution in [3.8, 4) is 5.69 Å². The molecule has 1 aromatic carbocycles. The highest BCUT2D eigenvalue weighted by molar-refractivity contribution is 7.71. The van der Waals surface area contributed by atoms with Crippen LogP contribution in [0.5, 0.6) is 0 Å². The lowest BCUT2D eigenvalue weighted by Gasteiger charge is -2.03. The molecule has 3 nitrogen and oxygen atoms in total. The van der Waals surface area contributed by atoms with Crippen molar-refractivity contribution in [2.45, 2.75) is 0 Å². The molecule has 2 rings (SSSR count). The van der Waals surface area contributed by atoms with E-state index >= 15 is 0 Å². The van der Waals surface area contributed by atoms with Gasteiger partial charge in [-0.1, -0.05) is 11.6 Å². The molecule has 2 aromatic rings. The van der Waals surface area contributed by atoms with E-state index in [-0.39, 0.29) is 5.82 Å². The van der Waals surface area contributed by atoms with Crippen molar-refractivity contribution >= 4 is 23.8 Å². The second kappa shape index (κ2) is 3.51. The van der Waals surface area contributed by atoms with Gasteiger partial charge in [0.2, 0.25) is 0 Å². The summed E-state index contributed by atoms with van der Waals surface area (Å²) in [5.41, 5.74) is 0.477. The molecule has 1 heterocycles. The zero-order valence-electron chi connectivity index (χ0n) is 6.87. The van der Waals surface area contributed by atoms with Gasteiger partial charge >= 0.3 is 0 Å². The molecule has 0 aliphatic carbocycles. The standard InChI is InChI=1S/C8H5ClFN3S/c9-6-2-1-5(10)3-7(6)13-4-11-12-8(13)14/h1-4H,(H,12,14). The molecule has 0 aliphatic heterocycles. The first-order chi connectivity index (χ1) is 6.68. The minimum atomic E-state index is -0.368. The van der Waals surface area contributed by atoms with E-state index in [1.807, 2.05) is 0 Å². The van der Waals surface area contributed by atoms with Crippen LogP contribution in [0.25, 0.3) is 5.69 Å². The molecule has 0 fully saturated rings. The molecule has 0 bridgehead atoms. The van der Waals surface area contributed by atoms with Crippen LogP contribution in [0.4, 0.5) is 4.39 Å². The van der Waals surface area contributed by atoms with Crippen LogP contribution in [-0.4, -0.2) is 14.8 Å². The zero-order valence-corrected chi connectivity index (χ0v) is 8.44. The minimum absolute atomic E-state index is 0.368. The van der Waals surface area contributed by atoms with Gasteiger partial charge in [0, 0.05) is 0 Å². The Morgan fingerprint density at radius 3 is 2.93 bits per heavy atom. The smallest absolute Gasteiger partial charge is 0.199 e. The maximum absolute atomic E-state index is 12.9. The molecule has 0 radical (unpaired) electrons. The van der Waals surface area contributed by atoms with E-state index in [0.29, 0.717) is 15.5 Å². The molecule has 0 saturated carbocycles. The molecule has 14 heavy (non-hydrogen) atoms. The third-order valence-corrected chi connectivity index (χ3v) is 2.33. The summed E-state index contributed by atoms with van der Waals surface area (Å²) in [4.78, 5) is 0. The number of aromatic nitrogens is 3. The third-order valence-electron chi connectivity index (χ3n) is 1.72. The van der Waals surface area contributed by atoms with E-state index in [0.717, 1.165) is 0 Å². The lowest BCUT2D eigenvalue weighted by molar-refractivity contribution is 0.626. The maximum Gasteiger partial charge on any atom is 0.199 e. The van der Waals surface area contributed by atoms with Crippen molar-refractivity contribution in [2.24, 2.45) is 0 Å². The zero-order chi connectivity index (χ0) is 10.1. The Morgan fingerprint density at radius 2 is 2.29 bits per heavy atom. The number of nitrogens with one attached hydrogen (secondary N) is 1. The van der Waals surface area contributed by atoms with Crippen LogP contribution in [0, 0.1) is 10.6 Å². The number of H-pyrrole nitrogens is 1. The number of rotatable bonds is 1. The number of nitrogens with zero attached hydrogens (tertiary/aromatic N) is 2. The average molecular weight is 230 g/mol. The number of benzene rings is 1. The van der Waals surface area contributed by atoms with Gasteiger partial charge in [-0.25, -0.2) is 4.39 Å². The van der Waals surface area contributed by atoms with Gasteiger partial charge in [-0.2, -0.15) is 5.10 Å². The normalized spacial score (nSPS) is 10.4. The molecule has 6 heteroatoms. The van der Waals surface area contributed by atoms with E-state index in [4.69, 9.17) is 23.8 Å². The largest absolute Gasteiger partial charge is 0.273 e. The summed E-state index contributed by atoms with van der Waals surface area (Å²) in [5, 5.41) is 6.70. The van der Waals surface area contributed by atoms with Gasteiger partial charge in [-0.3, -0.25) is 9.67 Å². The molecule has 0 unspecified atom stereocenters. The van der Waals surface area contributed by atoms with Gasteiger partial charge in [-0.15, -0.1) is 0 Å². The Kier molecular flexibility index (Phi) is 2.35. The number of hydrogen-bond donors (Lipinski definition) is 1. The van der Waals surface area contributed by atoms with Gasteiger partial charge in [0.25, 0.3) is 0 Å². The Bertz CT molecular complexity index is 519. The third kappa shape index (κ3) is 1.56. The molecule has 1 aromatic heterocycles. The first-order valence-electron chi connectivity index (χ1n) is 3.76. The summed E-state index contributed by atoms with van der Waals surface area (Å²) in [5.74, 6) is -0.368. The van der Waals surface area contributed by atoms with Crippen molar-refractivity contribution < 1.29 is 4.39 Å². The molecule has 0 atom stereocenters. The number of halogens is 2. The fraction of sp³-hybridized carbons (Fsp3) is 0. The second-order valence-electron chi connectivity index (χ2n) is 2.63. The van der Waals surface area contributed by atoms with Crippen LogP contribution in [0.3, 0.4) is 0 Å². The van der Waals surface area contributed by atoms with Crippen molar-refractivity contribution in [1.82, 2.24) is 14.8 Å². The van der Waals surface area contributed by atoms with Gasteiger partial charge in [0.1, 0.15) is 12.1 Å². The van der Waals surface area contributed by atoms with Crippen LogP contribution in [0.1, 0.15) is 0 Å². The van der Waals surface area contributed by atoms with Crippen LogP contribution in [0.2, 0.25) is 5.02 Å². The quantitative estimate of drug-likeness (QED) is 0.763. The van der Waals surface area contributed by atoms with Crippen molar-refractivity contribution in [1.29, 1.82) is 0 Å².